The number of nitro benzene ring substituents is 1. The van der Waals surface area contributed by atoms with Gasteiger partial charge in [0, 0.05) is 36.5 Å². The molecule has 6 heteroatoms. The Balaban J connectivity index is 1.91. The Labute approximate surface area is 115 Å². The van der Waals surface area contributed by atoms with Crippen LogP contribution in [-0.2, 0) is 4.74 Å². The summed E-state index contributed by atoms with van der Waals surface area (Å²) in [5, 5.41) is 15.1. The summed E-state index contributed by atoms with van der Waals surface area (Å²) < 4.78 is 5.56. The van der Waals surface area contributed by atoms with Crippen molar-refractivity contribution in [1.82, 2.24) is 4.98 Å². The lowest BCUT2D eigenvalue weighted by molar-refractivity contribution is -0.383. The molecule has 1 atom stereocenters. The zero-order chi connectivity index (χ0) is 13.9. The molecule has 2 heterocycles. The first-order chi connectivity index (χ1) is 9.75. The van der Waals surface area contributed by atoms with E-state index in [1.54, 1.807) is 18.3 Å². The van der Waals surface area contributed by atoms with Crippen LogP contribution in [0.5, 0.6) is 0 Å². The van der Waals surface area contributed by atoms with E-state index >= 15 is 0 Å². The number of anilines is 1. The van der Waals surface area contributed by atoms with E-state index in [1.807, 2.05) is 6.07 Å². The average molecular weight is 273 g/mol. The smallest absolute Gasteiger partial charge is 0.295 e. The second-order valence-corrected chi connectivity index (χ2v) is 4.80. The van der Waals surface area contributed by atoms with Crippen LogP contribution < -0.4 is 5.32 Å². The van der Waals surface area contributed by atoms with Gasteiger partial charge in [-0.3, -0.25) is 10.1 Å². The summed E-state index contributed by atoms with van der Waals surface area (Å²) in [7, 11) is 0. The lowest BCUT2D eigenvalue weighted by Gasteiger charge is -2.13. The Kier molecular flexibility index (Phi) is 3.47. The van der Waals surface area contributed by atoms with Gasteiger partial charge in [-0.05, 0) is 31.0 Å². The van der Waals surface area contributed by atoms with Crippen molar-refractivity contribution >= 4 is 22.3 Å². The first-order valence-electron chi connectivity index (χ1n) is 6.63. The molecular weight excluding hydrogens is 258 g/mol. The van der Waals surface area contributed by atoms with Gasteiger partial charge in [0.15, 0.2) is 0 Å². The summed E-state index contributed by atoms with van der Waals surface area (Å²) >= 11 is 0. The SMILES string of the molecule is O=[N+]([O-])c1ccc(NCC2CCCO2)c2cccnc12. The van der Waals surface area contributed by atoms with Crippen molar-refractivity contribution < 1.29 is 9.66 Å². The van der Waals surface area contributed by atoms with E-state index in [1.165, 1.54) is 6.07 Å². The van der Waals surface area contributed by atoms with E-state index in [4.69, 9.17) is 4.74 Å². The van der Waals surface area contributed by atoms with Crippen molar-refractivity contribution in [3.63, 3.8) is 0 Å². The van der Waals surface area contributed by atoms with Crippen LogP contribution in [0.4, 0.5) is 11.4 Å². The van der Waals surface area contributed by atoms with Gasteiger partial charge < -0.3 is 10.1 Å². The van der Waals surface area contributed by atoms with Gasteiger partial charge in [-0.25, -0.2) is 4.98 Å². The Morgan fingerprint density at radius 2 is 2.35 bits per heavy atom. The molecule has 1 aromatic carbocycles. The molecule has 0 saturated carbocycles. The van der Waals surface area contributed by atoms with Gasteiger partial charge >= 0.3 is 0 Å². The number of aromatic nitrogens is 1. The third-order valence-electron chi connectivity index (χ3n) is 3.49. The standard InChI is InChI=1S/C14H15N3O3/c18-17(19)13-6-5-12(11-4-1-7-15-14(11)13)16-9-10-3-2-8-20-10/h1,4-7,10,16H,2-3,8-9H2. The van der Waals surface area contributed by atoms with Crippen LogP contribution in [0.25, 0.3) is 10.9 Å². The molecule has 1 aromatic heterocycles. The van der Waals surface area contributed by atoms with Gasteiger partial charge in [0.2, 0.25) is 0 Å². The number of fused-ring (bicyclic) bond motifs is 1. The fourth-order valence-corrected chi connectivity index (χ4v) is 2.49. The highest BCUT2D eigenvalue weighted by Gasteiger charge is 2.18. The van der Waals surface area contributed by atoms with Crippen LogP contribution in [0.2, 0.25) is 0 Å². The number of nitrogens with one attached hydrogen (secondary N) is 1. The summed E-state index contributed by atoms with van der Waals surface area (Å²) in [5.41, 5.74) is 1.30. The van der Waals surface area contributed by atoms with E-state index in [9.17, 15) is 10.1 Å². The molecule has 0 amide bonds. The second-order valence-electron chi connectivity index (χ2n) is 4.80. The first-order valence-corrected chi connectivity index (χ1v) is 6.63. The molecule has 1 unspecified atom stereocenters. The number of hydrogen-bond donors (Lipinski definition) is 1. The van der Waals surface area contributed by atoms with Crippen LogP contribution >= 0.6 is 0 Å². The molecule has 1 aliphatic rings. The van der Waals surface area contributed by atoms with Gasteiger partial charge in [-0.2, -0.15) is 0 Å². The lowest BCUT2D eigenvalue weighted by atomic mass is 10.1. The molecule has 2 aromatic rings. The third kappa shape index (κ3) is 2.42. The molecule has 0 spiro atoms. The lowest BCUT2D eigenvalue weighted by Crippen LogP contribution is -2.18. The highest BCUT2D eigenvalue weighted by molar-refractivity contribution is 5.96. The average Bonchev–Trinajstić information content (AvgIpc) is 2.97. The van der Waals surface area contributed by atoms with Gasteiger partial charge in [-0.1, -0.05) is 0 Å². The maximum atomic E-state index is 11.0. The monoisotopic (exact) mass is 273 g/mol. The van der Waals surface area contributed by atoms with Crippen LogP contribution in [0.1, 0.15) is 12.8 Å². The van der Waals surface area contributed by atoms with Gasteiger partial charge in [0.05, 0.1) is 11.0 Å². The number of nitrogens with zero attached hydrogens (tertiary/aromatic N) is 2. The third-order valence-corrected chi connectivity index (χ3v) is 3.49. The molecule has 0 radical (unpaired) electrons. The molecule has 20 heavy (non-hydrogen) atoms. The number of benzene rings is 1. The molecule has 1 saturated heterocycles. The number of rotatable bonds is 4. The predicted octanol–water partition coefficient (Wildman–Crippen LogP) is 2.73. The number of hydrogen-bond acceptors (Lipinski definition) is 5. The molecule has 0 bridgehead atoms. The minimum atomic E-state index is -0.404. The van der Waals surface area contributed by atoms with E-state index in [2.05, 4.69) is 10.3 Å². The number of pyridine rings is 1. The molecule has 1 N–H and O–H groups in total. The van der Waals surface area contributed by atoms with Crippen molar-refractivity contribution in [1.29, 1.82) is 0 Å². The molecule has 6 nitrogen and oxygen atoms in total. The van der Waals surface area contributed by atoms with E-state index in [0.29, 0.717) is 12.1 Å². The van der Waals surface area contributed by atoms with Crippen molar-refractivity contribution in [3.8, 4) is 0 Å². The molecule has 1 fully saturated rings. The topological polar surface area (TPSA) is 77.3 Å². The molecule has 104 valence electrons. The quantitative estimate of drug-likeness (QED) is 0.684. The van der Waals surface area contributed by atoms with Gasteiger partial charge in [-0.15, -0.1) is 0 Å². The normalized spacial score (nSPS) is 18.3. The van der Waals surface area contributed by atoms with Gasteiger partial charge in [0.25, 0.3) is 5.69 Å². The largest absolute Gasteiger partial charge is 0.382 e. The minimum Gasteiger partial charge on any atom is -0.382 e. The molecular formula is C14H15N3O3. The highest BCUT2D eigenvalue weighted by atomic mass is 16.6. The fraction of sp³-hybridized carbons (Fsp3) is 0.357. The number of non-ortho nitro benzene ring substituents is 1. The van der Waals surface area contributed by atoms with E-state index in [0.717, 1.165) is 30.5 Å². The van der Waals surface area contributed by atoms with Crippen LogP contribution in [0.3, 0.4) is 0 Å². The number of ether oxygens (including phenoxy) is 1. The Morgan fingerprint density at radius 3 is 3.10 bits per heavy atom. The zero-order valence-corrected chi connectivity index (χ0v) is 10.9. The number of nitro groups is 1. The summed E-state index contributed by atoms with van der Waals surface area (Å²) in [4.78, 5) is 14.7. The summed E-state index contributed by atoms with van der Waals surface area (Å²) in [6, 6.07) is 6.85. The van der Waals surface area contributed by atoms with Crippen LogP contribution in [-0.4, -0.2) is 29.2 Å². The Bertz CT molecular complexity index is 639. The minimum absolute atomic E-state index is 0.0308. The van der Waals surface area contributed by atoms with Crippen LogP contribution in [0, 0.1) is 10.1 Å². The first kappa shape index (κ1) is 12.8. The summed E-state index contributed by atoms with van der Waals surface area (Å²) in [6.45, 7) is 1.52. The Morgan fingerprint density at radius 1 is 1.45 bits per heavy atom. The van der Waals surface area contributed by atoms with E-state index in [-0.39, 0.29) is 11.8 Å². The summed E-state index contributed by atoms with van der Waals surface area (Å²) in [6.07, 6.45) is 3.93. The Hall–Kier alpha value is -2.21. The van der Waals surface area contributed by atoms with Crippen LogP contribution in [0.15, 0.2) is 30.5 Å². The maximum Gasteiger partial charge on any atom is 0.295 e. The second kappa shape index (κ2) is 5.42. The molecule has 3 rings (SSSR count). The van der Waals surface area contributed by atoms with Gasteiger partial charge in [0.1, 0.15) is 5.52 Å². The maximum absolute atomic E-state index is 11.0. The fourth-order valence-electron chi connectivity index (χ4n) is 2.49. The van der Waals surface area contributed by atoms with Crippen molar-refractivity contribution in [2.45, 2.75) is 18.9 Å². The predicted molar refractivity (Wildman–Crippen MR) is 75.9 cm³/mol. The molecule has 1 aliphatic heterocycles. The van der Waals surface area contributed by atoms with Crippen molar-refractivity contribution in [3.05, 3.63) is 40.6 Å². The molecule has 0 aliphatic carbocycles. The van der Waals surface area contributed by atoms with Crippen molar-refractivity contribution in [2.75, 3.05) is 18.5 Å². The van der Waals surface area contributed by atoms with E-state index < -0.39 is 4.92 Å². The highest BCUT2D eigenvalue weighted by Crippen LogP contribution is 2.29. The zero-order valence-electron chi connectivity index (χ0n) is 10.9. The summed E-state index contributed by atoms with van der Waals surface area (Å²) in [5.74, 6) is 0. The van der Waals surface area contributed by atoms with Crippen molar-refractivity contribution in [2.24, 2.45) is 0 Å².